The number of pyridine rings is 1. The van der Waals surface area contributed by atoms with E-state index in [0.29, 0.717) is 12.4 Å². The van der Waals surface area contributed by atoms with Crippen molar-refractivity contribution < 1.29 is 24.2 Å². The van der Waals surface area contributed by atoms with Crippen molar-refractivity contribution in [2.75, 3.05) is 26.3 Å². The summed E-state index contributed by atoms with van der Waals surface area (Å²) in [4.78, 5) is 33.4. The van der Waals surface area contributed by atoms with E-state index >= 15 is 0 Å². The summed E-state index contributed by atoms with van der Waals surface area (Å²) in [5.74, 6) is -0.474. The molecule has 2 aromatic carbocycles. The van der Waals surface area contributed by atoms with E-state index in [1.165, 1.54) is 5.56 Å². The summed E-state index contributed by atoms with van der Waals surface area (Å²) in [7, 11) is 0. The highest BCUT2D eigenvalue weighted by molar-refractivity contribution is 7.99. The van der Waals surface area contributed by atoms with Gasteiger partial charge in [0, 0.05) is 36.3 Å². The fourth-order valence-electron chi connectivity index (χ4n) is 5.02. The van der Waals surface area contributed by atoms with E-state index in [1.807, 2.05) is 48.2 Å². The number of ether oxygens (including phenoxy) is 2. The molecule has 9 heteroatoms. The fourth-order valence-corrected chi connectivity index (χ4v) is 5.86. The van der Waals surface area contributed by atoms with E-state index in [9.17, 15) is 9.59 Å². The first-order valence-corrected chi connectivity index (χ1v) is 13.6. The topological polar surface area (TPSA) is 92.2 Å². The predicted octanol–water partition coefficient (Wildman–Crippen LogP) is 5.16. The van der Waals surface area contributed by atoms with Gasteiger partial charge in [-0.15, -0.1) is 0 Å². The Morgan fingerprint density at radius 2 is 1.82 bits per heavy atom. The van der Waals surface area contributed by atoms with Crippen LogP contribution in [0.4, 0.5) is 4.79 Å². The van der Waals surface area contributed by atoms with Gasteiger partial charge in [0.15, 0.2) is 6.61 Å². The number of likely N-dealkylation sites (tertiary alicyclic amines) is 1. The largest absolute Gasteiger partial charge is 0.482 e. The molecule has 198 valence electrons. The second-order valence-corrected chi connectivity index (χ2v) is 10.7. The first-order chi connectivity index (χ1) is 18.5. The molecular weight excluding hydrogens is 502 g/mol. The summed E-state index contributed by atoms with van der Waals surface area (Å²) < 4.78 is 10.6. The summed E-state index contributed by atoms with van der Waals surface area (Å²) >= 11 is 1.56. The van der Waals surface area contributed by atoms with Gasteiger partial charge < -0.3 is 14.6 Å². The first-order valence-electron chi connectivity index (χ1n) is 12.8. The van der Waals surface area contributed by atoms with Crippen LogP contribution < -0.4 is 4.74 Å². The standard InChI is InChI=1S/C29H31N3O5S/c1-20-22(7-12-27(30-20)38-25-10-8-24(9-11-25)36-19-28(33)34)17-31-15-13-23(14-16-31)32-26(18-37-29(32)35)21-5-3-2-4-6-21/h2-12,23,26H,13-19H2,1H3,(H,33,34). The minimum Gasteiger partial charge on any atom is -0.482 e. The Morgan fingerprint density at radius 3 is 2.50 bits per heavy atom. The Labute approximate surface area is 226 Å². The molecule has 2 aliphatic rings. The summed E-state index contributed by atoms with van der Waals surface area (Å²) in [5.41, 5.74) is 3.33. The molecule has 5 rings (SSSR count). The number of carboxylic acid groups (broad SMARTS) is 1. The monoisotopic (exact) mass is 533 g/mol. The molecule has 3 aromatic rings. The number of aromatic nitrogens is 1. The zero-order chi connectivity index (χ0) is 26.5. The zero-order valence-corrected chi connectivity index (χ0v) is 22.1. The number of nitrogens with zero attached hydrogens (tertiary/aromatic N) is 3. The number of carbonyl (C=O) groups excluding carboxylic acids is 1. The van der Waals surface area contributed by atoms with Gasteiger partial charge in [0.25, 0.3) is 0 Å². The molecule has 2 saturated heterocycles. The Morgan fingerprint density at radius 1 is 1.08 bits per heavy atom. The molecule has 1 amide bonds. The van der Waals surface area contributed by atoms with Gasteiger partial charge in [0.2, 0.25) is 0 Å². The van der Waals surface area contributed by atoms with Crippen LogP contribution in [0.15, 0.2) is 76.7 Å². The Hall–Kier alpha value is -3.56. The van der Waals surface area contributed by atoms with Crippen LogP contribution in [0, 0.1) is 6.92 Å². The molecule has 38 heavy (non-hydrogen) atoms. The molecule has 0 saturated carbocycles. The van der Waals surface area contributed by atoms with E-state index in [4.69, 9.17) is 19.6 Å². The molecule has 1 aromatic heterocycles. The lowest BCUT2D eigenvalue weighted by molar-refractivity contribution is -0.139. The number of hydrogen-bond acceptors (Lipinski definition) is 7. The minimum atomic E-state index is -0.999. The quantitative estimate of drug-likeness (QED) is 0.403. The van der Waals surface area contributed by atoms with Crippen molar-refractivity contribution in [3.05, 3.63) is 83.6 Å². The molecule has 0 bridgehead atoms. The highest BCUT2D eigenvalue weighted by Crippen LogP contribution is 2.34. The molecule has 2 aliphatic heterocycles. The molecule has 1 atom stereocenters. The maximum Gasteiger partial charge on any atom is 0.410 e. The zero-order valence-electron chi connectivity index (χ0n) is 21.3. The lowest BCUT2D eigenvalue weighted by Gasteiger charge is -2.38. The van der Waals surface area contributed by atoms with Crippen molar-refractivity contribution in [1.82, 2.24) is 14.8 Å². The van der Waals surface area contributed by atoms with E-state index < -0.39 is 5.97 Å². The number of piperidine rings is 1. The third-order valence-electron chi connectivity index (χ3n) is 7.02. The molecule has 0 spiro atoms. The van der Waals surface area contributed by atoms with E-state index in [-0.39, 0.29) is 24.8 Å². The number of carboxylic acids is 1. The normalized spacial score (nSPS) is 18.4. The summed E-state index contributed by atoms with van der Waals surface area (Å²) in [6.45, 7) is 4.77. The van der Waals surface area contributed by atoms with Gasteiger partial charge in [-0.2, -0.15) is 0 Å². The molecule has 3 heterocycles. The van der Waals surface area contributed by atoms with E-state index in [0.717, 1.165) is 53.7 Å². The first kappa shape index (κ1) is 26.1. The number of cyclic esters (lactones) is 1. The second-order valence-electron chi connectivity index (χ2n) is 9.57. The van der Waals surface area contributed by atoms with Crippen LogP contribution in [0.2, 0.25) is 0 Å². The van der Waals surface area contributed by atoms with Crippen LogP contribution in [0.25, 0.3) is 0 Å². The van der Waals surface area contributed by atoms with Crippen molar-refractivity contribution in [3.63, 3.8) is 0 Å². The lowest BCUT2D eigenvalue weighted by atomic mass is 9.99. The van der Waals surface area contributed by atoms with Crippen molar-refractivity contribution >= 4 is 23.8 Å². The summed E-state index contributed by atoms with van der Waals surface area (Å²) in [5, 5.41) is 9.64. The second kappa shape index (κ2) is 11.9. The maximum atomic E-state index is 12.6. The highest BCUT2D eigenvalue weighted by Gasteiger charge is 2.40. The molecule has 1 unspecified atom stereocenters. The smallest absolute Gasteiger partial charge is 0.410 e. The number of aryl methyl sites for hydroxylation is 1. The highest BCUT2D eigenvalue weighted by atomic mass is 32.2. The average Bonchev–Trinajstić information content (AvgIpc) is 3.32. The van der Waals surface area contributed by atoms with Crippen LogP contribution in [0.5, 0.6) is 5.75 Å². The van der Waals surface area contributed by atoms with Gasteiger partial charge in [-0.1, -0.05) is 48.2 Å². The van der Waals surface area contributed by atoms with Gasteiger partial charge in [-0.05, 0) is 61.2 Å². The summed E-state index contributed by atoms with van der Waals surface area (Å²) in [6, 6.07) is 21.8. The van der Waals surface area contributed by atoms with Crippen LogP contribution in [0.1, 0.15) is 35.7 Å². The van der Waals surface area contributed by atoms with E-state index in [2.05, 4.69) is 23.1 Å². The van der Waals surface area contributed by atoms with Gasteiger partial charge in [-0.3, -0.25) is 9.80 Å². The Kier molecular flexibility index (Phi) is 8.14. The van der Waals surface area contributed by atoms with Gasteiger partial charge in [0.05, 0.1) is 6.04 Å². The number of benzene rings is 2. The summed E-state index contributed by atoms with van der Waals surface area (Å²) in [6.07, 6.45) is 1.64. The number of hydrogen-bond donors (Lipinski definition) is 1. The lowest BCUT2D eigenvalue weighted by Crippen LogP contribution is -2.46. The fraction of sp³-hybridized carbons (Fsp3) is 0.345. The van der Waals surface area contributed by atoms with Crippen molar-refractivity contribution in [2.45, 2.75) is 48.3 Å². The molecule has 0 radical (unpaired) electrons. The number of amides is 1. The van der Waals surface area contributed by atoms with Gasteiger partial charge in [-0.25, -0.2) is 14.6 Å². The van der Waals surface area contributed by atoms with Crippen LogP contribution >= 0.6 is 11.8 Å². The molecule has 8 nitrogen and oxygen atoms in total. The van der Waals surface area contributed by atoms with Crippen molar-refractivity contribution in [1.29, 1.82) is 0 Å². The SMILES string of the molecule is Cc1nc(Sc2ccc(OCC(=O)O)cc2)ccc1CN1CCC(N2C(=O)OCC2c2ccccc2)CC1. The van der Waals surface area contributed by atoms with Gasteiger partial charge >= 0.3 is 12.1 Å². The van der Waals surface area contributed by atoms with Gasteiger partial charge in [0.1, 0.15) is 17.4 Å². The number of aliphatic carboxylic acids is 1. The van der Waals surface area contributed by atoms with Crippen molar-refractivity contribution in [2.24, 2.45) is 0 Å². The molecule has 0 aliphatic carbocycles. The molecule has 2 fully saturated rings. The van der Waals surface area contributed by atoms with Crippen molar-refractivity contribution in [3.8, 4) is 5.75 Å². The Bertz CT molecular complexity index is 1260. The average molecular weight is 534 g/mol. The van der Waals surface area contributed by atoms with Crippen LogP contribution in [0.3, 0.4) is 0 Å². The Balaban J connectivity index is 1.14. The third kappa shape index (κ3) is 6.28. The third-order valence-corrected chi connectivity index (χ3v) is 7.96. The number of carbonyl (C=O) groups is 2. The van der Waals surface area contributed by atoms with Crippen LogP contribution in [-0.4, -0.2) is 64.3 Å². The van der Waals surface area contributed by atoms with Crippen LogP contribution in [-0.2, 0) is 16.1 Å². The molecule has 1 N–H and O–H groups in total. The van der Waals surface area contributed by atoms with E-state index in [1.54, 1.807) is 23.9 Å². The minimum absolute atomic E-state index is 0.00906. The maximum absolute atomic E-state index is 12.6. The number of rotatable bonds is 9. The molecular formula is C29H31N3O5S. The predicted molar refractivity (Wildman–Crippen MR) is 143 cm³/mol.